The van der Waals surface area contributed by atoms with Gasteiger partial charge >= 0.3 is 0 Å². The van der Waals surface area contributed by atoms with Crippen LogP contribution in [0.2, 0.25) is 0 Å². The van der Waals surface area contributed by atoms with E-state index in [-0.39, 0.29) is 35.2 Å². The monoisotopic (exact) mass is 427 g/mol. The molecule has 0 aromatic heterocycles. The summed E-state index contributed by atoms with van der Waals surface area (Å²) in [5, 5.41) is 3.08. The Hall–Kier alpha value is -1.88. The fourth-order valence-corrected chi connectivity index (χ4v) is 4.89. The van der Waals surface area contributed by atoms with E-state index in [0.717, 1.165) is 62.6 Å². The first kappa shape index (κ1) is 23.8. The van der Waals surface area contributed by atoms with Crippen molar-refractivity contribution in [3.05, 3.63) is 29.8 Å². The number of anilines is 1. The number of hydrogen-bond donors (Lipinski definition) is 2. The topological polar surface area (TPSA) is 75.4 Å². The SMILES string of the molecule is CC(C)(C)CC(=O)N(Cc1ccc(NC(=O)C2CCCCC2)cc1)C1CCC(N)CC1. The standard InChI is InChI=1S/C26H41N3O2/c1-26(2,3)17-24(30)29(23-15-11-21(27)12-16-23)18-19-9-13-22(14-10-19)28-25(31)20-7-5-4-6-8-20/h9-10,13-14,20-21,23H,4-8,11-12,15-18,27H2,1-3H3,(H,28,31). The molecule has 2 fully saturated rings. The zero-order valence-corrected chi connectivity index (χ0v) is 19.7. The van der Waals surface area contributed by atoms with Crippen LogP contribution in [0.1, 0.15) is 90.5 Å². The average Bonchev–Trinajstić information content (AvgIpc) is 2.73. The van der Waals surface area contributed by atoms with Crippen molar-refractivity contribution in [1.29, 1.82) is 0 Å². The molecule has 5 nitrogen and oxygen atoms in total. The molecule has 0 radical (unpaired) electrons. The van der Waals surface area contributed by atoms with Crippen LogP contribution in [0.3, 0.4) is 0 Å². The summed E-state index contributed by atoms with van der Waals surface area (Å²) in [5.41, 5.74) is 8.01. The number of amides is 2. The quantitative estimate of drug-likeness (QED) is 0.652. The number of hydrogen-bond acceptors (Lipinski definition) is 3. The second-order valence-corrected chi connectivity index (χ2v) is 10.8. The molecular weight excluding hydrogens is 386 g/mol. The summed E-state index contributed by atoms with van der Waals surface area (Å²) in [5.74, 6) is 0.521. The van der Waals surface area contributed by atoms with Crippen molar-refractivity contribution in [2.75, 3.05) is 5.32 Å². The Labute approximate surface area is 188 Å². The highest BCUT2D eigenvalue weighted by molar-refractivity contribution is 5.92. The van der Waals surface area contributed by atoms with Gasteiger partial charge in [-0.2, -0.15) is 0 Å². The third-order valence-corrected chi connectivity index (χ3v) is 6.73. The molecule has 2 amide bonds. The Morgan fingerprint density at radius 2 is 1.58 bits per heavy atom. The van der Waals surface area contributed by atoms with Gasteiger partial charge in [0, 0.05) is 36.7 Å². The highest BCUT2D eigenvalue weighted by atomic mass is 16.2. The van der Waals surface area contributed by atoms with Crippen molar-refractivity contribution >= 4 is 17.5 Å². The van der Waals surface area contributed by atoms with Gasteiger partial charge < -0.3 is 16.0 Å². The van der Waals surface area contributed by atoms with Crippen LogP contribution in [0.4, 0.5) is 5.69 Å². The molecule has 172 valence electrons. The van der Waals surface area contributed by atoms with E-state index in [0.29, 0.717) is 13.0 Å². The number of carbonyl (C=O) groups excluding carboxylic acids is 2. The van der Waals surface area contributed by atoms with Crippen LogP contribution in [0.15, 0.2) is 24.3 Å². The molecule has 2 aliphatic rings. The van der Waals surface area contributed by atoms with Crippen LogP contribution in [-0.2, 0) is 16.1 Å². The van der Waals surface area contributed by atoms with Gasteiger partial charge in [0.2, 0.25) is 11.8 Å². The van der Waals surface area contributed by atoms with E-state index in [1.54, 1.807) is 0 Å². The minimum absolute atomic E-state index is 0.0341. The van der Waals surface area contributed by atoms with Gasteiger partial charge in [-0.1, -0.05) is 52.2 Å². The van der Waals surface area contributed by atoms with Crippen molar-refractivity contribution in [3.8, 4) is 0 Å². The molecule has 5 heteroatoms. The lowest BCUT2D eigenvalue weighted by atomic mass is 9.88. The van der Waals surface area contributed by atoms with Gasteiger partial charge in [-0.15, -0.1) is 0 Å². The number of nitrogens with one attached hydrogen (secondary N) is 1. The van der Waals surface area contributed by atoms with Gasteiger partial charge in [-0.25, -0.2) is 0 Å². The molecule has 31 heavy (non-hydrogen) atoms. The lowest BCUT2D eigenvalue weighted by Gasteiger charge is -2.37. The van der Waals surface area contributed by atoms with Crippen molar-refractivity contribution in [1.82, 2.24) is 4.90 Å². The fourth-order valence-electron chi connectivity index (χ4n) is 4.89. The Balaban J connectivity index is 1.64. The normalized spacial score (nSPS) is 22.7. The predicted octanol–water partition coefficient (Wildman–Crippen LogP) is 5.24. The van der Waals surface area contributed by atoms with Gasteiger partial charge in [0.15, 0.2) is 0 Å². The van der Waals surface area contributed by atoms with Crippen LogP contribution in [0.5, 0.6) is 0 Å². The number of carbonyl (C=O) groups is 2. The third kappa shape index (κ3) is 7.34. The Morgan fingerprint density at radius 3 is 2.16 bits per heavy atom. The third-order valence-electron chi connectivity index (χ3n) is 6.73. The summed E-state index contributed by atoms with van der Waals surface area (Å²) in [6.45, 7) is 6.96. The zero-order valence-electron chi connectivity index (χ0n) is 19.7. The van der Waals surface area contributed by atoms with E-state index >= 15 is 0 Å². The summed E-state index contributed by atoms with van der Waals surface area (Å²) in [6.07, 6.45) is 10.0. The van der Waals surface area contributed by atoms with E-state index < -0.39 is 0 Å². The van der Waals surface area contributed by atoms with E-state index in [9.17, 15) is 9.59 Å². The highest BCUT2D eigenvalue weighted by Gasteiger charge is 2.30. The smallest absolute Gasteiger partial charge is 0.227 e. The molecule has 1 aromatic carbocycles. The molecule has 2 saturated carbocycles. The number of nitrogens with two attached hydrogens (primary N) is 1. The first-order chi connectivity index (χ1) is 14.7. The van der Waals surface area contributed by atoms with Crippen LogP contribution < -0.4 is 11.1 Å². The molecule has 0 heterocycles. The first-order valence-electron chi connectivity index (χ1n) is 12.2. The molecule has 2 aliphatic carbocycles. The van der Waals surface area contributed by atoms with Crippen molar-refractivity contribution in [2.45, 2.75) is 104 Å². The Morgan fingerprint density at radius 1 is 0.968 bits per heavy atom. The lowest BCUT2D eigenvalue weighted by Crippen LogP contribution is -2.44. The van der Waals surface area contributed by atoms with Crippen molar-refractivity contribution in [3.63, 3.8) is 0 Å². The maximum Gasteiger partial charge on any atom is 0.227 e. The summed E-state index contributed by atoms with van der Waals surface area (Å²) < 4.78 is 0. The Kier molecular flexibility index (Phi) is 8.15. The minimum atomic E-state index is -0.0341. The largest absolute Gasteiger partial charge is 0.335 e. The molecule has 0 atom stereocenters. The van der Waals surface area contributed by atoms with Crippen LogP contribution >= 0.6 is 0 Å². The first-order valence-corrected chi connectivity index (χ1v) is 12.2. The van der Waals surface area contributed by atoms with Gasteiger partial charge in [0.25, 0.3) is 0 Å². The second kappa shape index (κ2) is 10.6. The average molecular weight is 428 g/mol. The van der Waals surface area contributed by atoms with E-state index in [1.807, 2.05) is 24.3 Å². The maximum absolute atomic E-state index is 13.2. The van der Waals surface area contributed by atoms with Gasteiger partial charge in [-0.3, -0.25) is 9.59 Å². The molecular formula is C26H41N3O2. The van der Waals surface area contributed by atoms with Crippen molar-refractivity contribution in [2.24, 2.45) is 17.1 Å². The molecule has 0 saturated heterocycles. The lowest BCUT2D eigenvalue weighted by molar-refractivity contribution is -0.137. The molecule has 0 spiro atoms. The van der Waals surface area contributed by atoms with Crippen LogP contribution in [0.25, 0.3) is 0 Å². The molecule has 0 unspecified atom stereocenters. The summed E-state index contributed by atoms with van der Waals surface area (Å²) in [7, 11) is 0. The highest BCUT2D eigenvalue weighted by Crippen LogP contribution is 2.28. The maximum atomic E-state index is 13.2. The summed E-state index contributed by atoms with van der Waals surface area (Å²) in [4.78, 5) is 27.8. The van der Waals surface area contributed by atoms with Gasteiger partial charge in [0.05, 0.1) is 0 Å². The fraction of sp³-hybridized carbons (Fsp3) is 0.692. The number of benzene rings is 1. The van der Waals surface area contributed by atoms with Crippen LogP contribution in [-0.4, -0.2) is 28.8 Å². The van der Waals surface area contributed by atoms with Crippen molar-refractivity contribution < 1.29 is 9.59 Å². The minimum Gasteiger partial charge on any atom is -0.335 e. The molecule has 3 N–H and O–H groups in total. The number of nitrogens with zero attached hydrogens (tertiary/aromatic N) is 1. The predicted molar refractivity (Wildman–Crippen MR) is 127 cm³/mol. The molecule has 3 rings (SSSR count). The van der Waals surface area contributed by atoms with Gasteiger partial charge in [-0.05, 0) is 61.6 Å². The summed E-state index contributed by atoms with van der Waals surface area (Å²) >= 11 is 0. The van der Waals surface area contributed by atoms with E-state index in [1.165, 1.54) is 6.42 Å². The van der Waals surface area contributed by atoms with Gasteiger partial charge in [0.1, 0.15) is 0 Å². The molecule has 1 aromatic rings. The second-order valence-electron chi connectivity index (χ2n) is 10.8. The Bertz CT molecular complexity index is 724. The molecule has 0 aliphatic heterocycles. The summed E-state index contributed by atoms with van der Waals surface area (Å²) in [6, 6.07) is 8.56. The van der Waals surface area contributed by atoms with E-state index in [2.05, 4.69) is 31.0 Å². The van der Waals surface area contributed by atoms with Crippen LogP contribution in [0, 0.1) is 11.3 Å². The number of rotatable bonds is 6. The molecule has 0 bridgehead atoms. The van der Waals surface area contributed by atoms with E-state index in [4.69, 9.17) is 5.73 Å². The zero-order chi connectivity index (χ0) is 22.4.